The van der Waals surface area contributed by atoms with Gasteiger partial charge in [-0.25, -0.2) is 0 Å². The number of rotatable bonds is 4. The highest BCUT2D eigenvalue weighted by Gasteiger charge is 2.32. The summed E-state index contributed by atoms with van der Waals surface area (Å²) in [7, 11) is 2.15. The van der Waals surface area contributed by atoms with Crippen molar-refractivity contribution in [2.75, 3.05) is 51.2 Å². The van der Waals surface area contributed by atoms with Crippen LogP contribution in [-0.2, 0) is 0 Å². The van der Waals surface area contributed by atoms with Crippen molar-refractivity contribution >= 4 is 5.69 Å². The lowest BCUT2D eigenvalue weighted by atomic mass is 10.1. The molecule has 1 aromatic carbocycles. The van der Waals surface area contributed by atoms with Gasteiger partial charge < -0.3 is 9.42 Å². The molecule has 0 spiro atoms. The number of anilines is 1. The van der Waals surface area contributed by atoms with Crippen LogP contribution in [0.4, 0.5) is 5.69 Å². The fourth-order valence-corrected chi connectivity index (χ4v) is 4.03. The minimum atomic E-state index is 0.210. The Hall–Kier alpha value is -1.92. The summed E-state index contributed by atoms with van der Waals surface area (Å²) in [4.78, 5) is 11.9. The van der Waals surface area contributed by atoms with E-state index >= 15 is 0 Å². The van der Waals surface area contributed by atoms with E-state index in [2.05, 4.69) is 62.2 Å². The number of aromatic nitrogens is 2. The minimum Gasteiger partial charge on any atom is -0.371 e. The van der Waals surface area contributed by atoms with Crippen LogP contribution in [0.2, 0.25) is 0 Å². The highest BCUT2D eigenvalue weighted by atomic mass is 16.5. The predicted octanol–water partition coefficient (Wildman–Crippen LogP) is 2.19. The Morgan fingerprint density at radius 3 is 2.72 bits per heavy atom. The molecule has 0 unspecified atom stereocenters. The molecule has 1 aromatic heterocycles. The van der Waals surface area contributed by atoms with Gasteiger partial charge in [-0.15, -0.1) is 0 Å². The lowest BCUT2D eigenvalue weighted by Crippen LogP contribution is -2.48. The molecule has 0 bridgehead atoms. The third kappa shape index (κ3) is 3.70. The van der Waals surface area contributed by atoms with Crippen LogP contribution in [0.5, 0.6) is 0 Å². The van der Waals surface area contributed by atoms with Crippen LogP contribution in [0, 0.1) is 12.8 Å². The molecule has 2 fully saturated rings. The number of likely N-dealkylation sites (N-methyl/N-ethyl adjacent to an activating group) is 1. The molecular formula is C19H27N5O. The maximum absolute atomic E-state index is 5.43. The Labute approximate surface area is 149 Å². The average molecular weight is 341 g/mol. The molecule has 25 heavy (non-hydrogen) atoms. The summed E-state index contributed by atoms with van der Waals surface area (Å²) < 4.78 is 5.43. The van der Waals surface area contributed by atoms with Crippen molar-refractivity contribution in [3.63, 3.8) is 0 Å². The lowest BCUT2D eigenvalue weighted by Gasteiger charge is -2.38. The summed E-state index contributed by atoms with van der Waals surface area (Å²) in [6.07, 6.45) is 1.27. The van der Waals surface area contributed by atoms with E-state index in [1.165, 1.54) is 12.1 Å². The summed E-state index contributed by atoms with van der Waals surface area (Å²) in [6, 6.07) is 11.0. The summed E-state index contributed by atoms with van der Waals surface area (Å²) in [5, 5.41) is 3.96. The van der Waals surface area contributed by atoms with Crippen LogP contribution in [0.15, 0.2) is 34.9 Å². The first kappa shape index (κ1) is 16.5. The average Bonchev–Trinajstić information content (AvgIpc) is 3.27. The van der Waals surface area contributed by atoms with Gasteiger partial charge in [-0.3, -0.25) is 9.80 Å². The molecule has 6 nitrogen and oxygen atoms in total. The highest BCUT2D eigenvalue weighted by Crippen LogP contribution is 2.27. The molecule has 0 saturated carbocycles. The summed E-state index contributed by atoms with van der Waals surface area (Å²) >= 11 is 0. The molecule has 6 heteroatoms. The van der Waals surface area contributed by atoms with Crippen LogP contribution in [0.25, 0.3) is 0 Å². The Morgan fingerprint density at radius 2 is 1.96 bits per heavy atom. The zero-order valence-electron chi connectivity index (χ0n) is 15.1. The predicted molar refractivity (Wildman–Crippen MR) is 97.6 cm³/mol. The zero-order valence-corrected chi connectivity index (χ0v) is 15.1. The Kier molecular flexibility index (Phi) is 4.72. The third-order valence-electron chi connectivity index (χ3n) is 5.48. The van der Waals surface area contributed by atoms with E-state index in [0.717, 1.165) is 56.9 Å². The second kappa shape index (κ2) is 7.14. The smallest absolute Gasteiger partial charge is 0.245 e. The van der Waals surface area contributed by atoms with E-state index in [4.69, 9.17) is 4.52 Å². The van der Waals surface area contributed by atoms with Gasteiger partial charge in [0.2, 0.25) is 5.89 Å². The summed E-state index contributed by atoms with van der Waals surface area (Å²) in [6.45, 7) is 8.48. The van der Waals surface area contributed by atoms with E-state index in [-0.39, 0.29) is 6.04 Å². The number of piperazine rings is 1. The molecule has 2 aliphatic heterocycles. The topological polar surface area (TPSA) is 48.6 Å². The van der Waals surface area contributed by atoms with Gasteiger partial charge in [-0.2, -0.15) is 4.98 Å². The molecule has 4 rings (SSSR count). The maximum Gasteiger partial charge on any atom is 0.245 e. The van der Waals surface area contributed by atoms with Gasteiger partial charge in [0.05, 0.1) is 0 Å². The normalized spacial score (nSPS) is 25.6. The molecule has 0 radical (unpaired) electrons. The molecule has 2 atom stereocenters. The first-order valence-electron chi connectivity index (χ1n) is 9.22. The SMILES string of the molecule is Cc1noc([C@H]2CN(C[C@@H]3CCN(c4ccccc4)C3)CCN2C)n1. The Morgan fingerprint density at radius 1 is 1.12 bits per heavy atom. The van der Waals surface area contributed by atoms with Gasteiger partial charge in [0.25, 0.3) is 0 Å². The molecular weight excluding hydrogens is 314 g/mol. The van der Waals surface area contributed by atoms with Crippen molar-refractivity contribution in [1.29, 1.82) is 0 Å². The molecule has 2 aliphatic rings. The molecule has 0 N–H and O–H groups in total. The number of nitrogens with zero attached hydrogens (tertiary/aromatic N) is 5. The van der Waals surface area contributed by atoms with Crippen LogP contribution in [-0.4, -0.2) is 66.3 Å². The van der Waals surface area contributed by atoms with Crippen LogP contribution in [0.1, 0.15) is 24.2 Å². The molecule has 0 amide bonds. The molecule has 0 aliphatic carbocycles. The fourth-order valence-electron chi connectivity index (χ4n) is 4.03. The third-order valence-corrected chi connectivity index (χ3v) is 5.48. The number of para-hydroxylation sites is 1. The number of benzene rings is 1. The molecule has 134 valence electrons. The maximum atomic E-state index is 5.43. The van der Waals surface area contributed by atoms with E-state index < -0.39 is 0 Å². The van der Waals surface area contributed by atoms with Crippen molar-refractivity contribution in [2.45, 2.75) is 19.4 Å². The number of hydrogen-bond donors (Lipinski definition) is 0. The quantitative estimate of drug-likeness (QED) is 0.850. The minimum absolute atomic E-state index is 0.210. The number of aryl methyl sites for hydroxylation is 1. The standard InChI is InChI=1S/C19H27N5O/c1-15-20-19(25-21-15)18-14-23(11-10-22(18)2)12-16-8-9-24(13-16)17-6-4-3-5-7-17/h3-7,16,18H,8-14H2,1-2H3/t16-,18+/m0/s1. The van der Waals surface area contributed by atoms with Crippen molar-refractivity contribution in [1.82, 2.24) is 19.9 Å². The first-order valence-corrected chi connectivity index (χ1v) is 9.22. The van der Waals surface area contributed by atoms with E-state index in [1.54, 1.807) is 0 Å². The van der Waals surface area contributed by atoms with Gasteiger partial charge in [-0.05, 0) is 38.4 Å². The van der Waals surface area contributed by atoms with E-state index in [9.17, 15) is 0 Å². The van der Waals surface area contributed by atoms with Crippen LogP contribution in [0.3, 0.4) is 0 Å². The van der Waals surface area contributed by atoms with Gasteiger partial charge in [0.15, 0.2) is 5.82 Å². The van der Waals surface area contributed by atoms with Gasteiger partial charge in [0.1, 0.15) is 6.04 Å². The second-order valence-corrected chi connectivity index (χ2v) is 7.37. The van der Waals surface area contributed by atoms with E-state index in [1.807, 2.05) is 6.92 Å². The molecule has 3 heterocycles. The van der Waals surface area contributed by atoms with Crippen LogP contribution < -0.4 is 4.90 Å². The fraction of sp³-hybridized carbons (Fsp3) is 0.579. The largest absolute Gasteiger partial charge is 0.371 e. The van der Waals surface area contributed by atoms with Crippen molar-refractivity contribution in [3.8, 4) is 0 Å². The van der Waals surface area contributed by atoms with Crippen LogP contribution >= 0.6 is 0 Å². The summed E-state index contributed by atoms with van der Waals surface area (Å²) in [5.41, 5.74) is 1.35. The second-order valence-electron chi connectivity index (χ2n) is 7.37. The van der Waals surface area contributed by atoms with Gasteiger partial charge in [-0.1, -0.05) is 23.4 Å². The van der Waals surface area contributed by atoms with E-state index in [0.29, 0.717) is 0 Å². The Bertz CT molecular complexity index is 688. The Balaban J connectivity index is 1.35. The van der Waals surface area contributed by atoms with Crippen molar-refractivity contribution < 1.29 is 4.52 Å². The highest BCUT2D eigenvalue weighted by molar-refractivity contribution is 5.46. The molecule has 2 saturated heterocycles. The monoisotopic (exact) mass is 341 g/mol. The van der Waals surface area contributed by atoms with Crippen molar-refractivity contribution in [3.05, 3.63) is 42.0 Å². The van der Waals surface area contributed by atoms with Gasteiger partial charge in [0, 0.05) is 45.0 Å². The van der Waals surface area contributed by atoms with Crippen molar-refractivity contribution in [2.24, 2.45) is 5.92 Å². The lowest BCUT2D eigenvalue weighted by molar-refractivity contribution is 0.0678. The zero-order chi connectivity index (χ0) is 17.2. The first-order chi connectivity index (χ1) is 12.2. The molecule has 2 aromatic rings. The summed E-state index contributed by atoms with van der Waals surface area (Å²) in [5.74, 6) is 2.20. The number of hydrogen-bond acceptors (Lipinski definition) is 6. The van der Waals surface area contributed by atoms with Gasteiger partial charge >= 0.3 is 0 Å².